The van der Waals surface area contributed by atoms with Crippen molar-refractivity contribution < 1.29 is 14.4 Å². The molecule has 0 radical (unpaired) electrons. The predicted octanol–water partition coefficient (Wildman–Crippen LogP) is 2.49. The lowest BCUT2D eigenvalue weighted by Crippen LogP contribution is -2.59. The first-order chi connectivity index (χ1) is 12.2. The minimum absolute atomic E-state index is 0.0636. The summed E-state index contributed by atoms with van der Waals surface area (Å²) in [6.07, 6.45) is 3.96. The van der Waals surface area contributed by atoms with E-state index in [0.717, 1.165) is 37.2 Å². The summed E-state index contributed by atoms with van der Waals surface area (Å²) in [5, 5.41) is 0. The lowest BCUT2D eigenvalue weighted by Gasteiger charge is -2.50. The number of hydrogen-bond acceptors (Lipinski definition) is 4. The highest BCUT2D eigenvalue weighted by Crippen LogP contribution is 2.58. The SMILES string of the molecule is C/C=C1\CN2C(=O)C3(c4ccccc4NOC)CC2C2COC3CC12. The maximum atomic E-state index is 13.7. The van der Waals surface area contributed by atoms with E-state index in [1.807, 2.05) is 18.2 Å². The van der Waals surface area contributed by atoms with Crippen LogP contribution in [0.5, 0.6) is 0 Å². The second kappa shape index (κ2) is 5.32. The molecule has 5 bridgehead atoms. The summed E-state index contributed by atoms with van der Waals surface area (Å²) >= 11 is 0. The molecule has 1 aromatic rings. The third kappa shape index (κ3) is 1.83. The summed E-state index contributed by atoms with van der Waals surface area (Å²) in [5.74, 6) is 1.23. The summed E-state index contributed by atoms with van der Waals surface area (Å²) in [4.78, 5) is 21.0. The van der Waals surface area contributed by atoms with Gasteiger partial charge in [-0.15, -0.1) is 0 Å². The Morgan fingerprint density at radius 3 is 3.04 bits per heavy atom. The van der Waals surface area contributed by atoms with Crippen LogP contribution < -0.4 is 5.48 Å². The molecule has 0 aromatic heterocycles. The molecule has 25 heavy (non-hydrogen) atoms. The fourth-order valence-corrected chi connectivity index (χ4v) is 5.83. The van der Waals surface area contributed by atoms with Gasteiger partial charge in [0, 0.05) is 18.5 Å². The second-order valence-electron chi connectivity index (χ2n) is 7.72. The zero-order valence-electron chi connectivity index (χ0n) is 14.7. The average Bonchev–Trinajstić information content (AvgIpc) is 2.78. The van der Waals surface area contributed by atoms with Gasteiger partial charge >= 0.3 is 0 Å². The molecule has 1 N–H and O–H groups in total. The lowest BCUT2D eigenvalue weighted by molar-refractivity contribution is -0.154. The van der Waals surface area contributed by atoms with E-state index in [1.165, 1.54) is 5.57 Å². The number of carbonyl (C=O) groups excluding carboxylic acids is 1. The first-order valence-electron chi connectivity index (χ1n) is 9.17. The van der Waals surface area contributed by atoms with Crippen LogP contribution in [0.25, 0.3) is 0 Å². The van der Waals surface area contributed by atoms with Crippen LogP contribution in [0.1, 0.15) is 25.3 Å². The molecule has 1 aromatic carbocycles. The van der Waals surface area contributed by atoms with Gasteiger partial charge in [-0.3, -0.25) is 15.1 Å². The fourth-order valence-electron chi connectivity index (χ4n) is 5.83. The van der Waals surface area contributed by atoms with Crippen molar-refractivity contribution in [3.63, 3.8) is 0 Å². The van der Waals surface area contributed by atoms with Crippen LogP contribution in [0.15, 0.2) is 35.9 Å². The molecule has 5 aliphatic rings. The van der Waals surface area contributed by atoms with Crippen LogP contribution in [0, 0.1) is 11.8 Å². The van der Waals surface area contributed by atoms with Crippen LogP contribution in [-0.2, 0) is 19.8 Å². The molecule has 132 valence electrons. The Hall–Kier alpha value is -1.85. The highest BCUT2D eigenvalue weighted by atomic mass is 16.6. The summed E-state index contributed by atoms with van der Waals surface area (Å²) in [6.45, 7) is 3.66. The summed E-state index contributed by atoms with van der Waals surface area (Å²) in [7, 11) is 1.60. The van der Waals surface area contributed by atoms with Gasteiger partial charge in [0.1, 0.15) is 5.41 Å². The number of ether oxygens (including phenoxy) is 1. The van der Waals surface area contributed by atoms with E-state index in [9.17, 15) is 4.79 Å². The van der Waals surface area contributed by atoms with E-state index >= 15 is 0 Å². The number of piperidine rings is 1. The monoisotopic (exact) mass is 340 g/mol. The third-order valence-electron chi connectivity index (χ3n) is 6.91. The minimum atomic E-state index is -0.588. The lowest BCUT2D eigenvalue weighted by atomic mass is 9.69. The van der Waals surface area contributed by atoms with Gasteiger partial charge in [-0.05, 0) is 37.3 Å². The number of allylic oxidation sites excluding steroid dienone is 1. The molecule has 5 fully saturated rings. The van der Waals surface area contributed by atoms with Crippen LogP contribution in [-0.4, -0.2) is 43.2 Å². The molecule has 0 spiro atoms. The molecular weight excluding hydrogens is 316 g/mol. The second-order valence-corrected chi connectivity index (χ2v) is 7.72. The summed E-state index contributed by atoms with van der Waals surface area (Å²) < 4.78 is 6.30. The van der Waals surface area contributed by atoms with Crippen molar-refractivity contribution >= 4 is 11.6 Å². The van der Waals surface area contributed by atoms with Crippen molar-refractivity contribution in [3.8, 4) is 0 Å². The minimum Gasteiger partial charge on any atom is -0.376 e. The highest BCUT2D eigenvalue weighted by molar-refractivity contribution is 5.94. The van der Waals surface area contributed by atoms with E-state index in [0.29, 0.717) is 17.9 Å². The molecule has 1 saturated carbocycles. The fraction of sp³-hybridized carbons (Fsp3) is 0.550. The van der Waals surface area contributed by atoms with Crippen LogP contribution in [0.3, 0.4) is 0 Å². The van der Waals surface area contributed by atoms with Crippen molar-refractivity contribution in [2.24, 2.45) is 11.8 Å². The largest absolute Gasteiger partial charge is 0.376 e. The quantitative estimate of drug-likeness (QED) is 0.678. The maximum Gasteiger partial charge on any atom is 0.236 e. The molecule has 4 heterocycles. The smallest absolute Gasteiger partial charge is 0.236 e. The Kier molecular flexibility index (Phi) is 3.28. The number of nitrogens with one attached hydrogen (secondary N) is 1. The molecular formula is C20H24N2O3. The average molecular weight is 340 g/mol. The van der Waals surface area contributed by atoms with Crippen molar-refractivity contribution in [1.82, 2.24) is 4.90 Å². The topological polar surface area (TPSA) is 50.8 Å². The van der Waals surface area contributed by atoms with E-state index in [2.05, 4.69) is 29.4 Å². The third-order valence-corrected chi connectivity index (χ3v) is 6.91. The molecule has 1 aliphatic carbocycles. The maximum absolute atomic E-state index is 13.7. The van der Waals surface area contributed by atoms with E-state index in [1.54, 1.807) is 7.11 Å². The van der Waals surface area contributed by atoms with Crippen molar-refractivity contribution in [3.05, 3.63) is 41.5 Å². The van der Waals surface area contributed by atoms with Crippen LogP contribution in [0.4, 0.5) is 5.69 Å². The van der Waals surface area contributed by atoms with Gasteiger partial charge in [-0.2, -0.15) is 0 Å². The van der Waals surface area contributed by atoms with E-state index < -0.39 is 5.41 Å². The number of rotatable bonds is 3. The molecule has 4 saturated heterocycles. The molecule has 5 heteroatoms. The normalized spacial score (nSPS) is 40.0. The molecule has 5 unspecified atom stereocenters. The molecule has 5 atom stereocenters. The molecule has 4 aliphatic heterocycles. The Morgan fingerprint density at radius 1 is 1.40 bits per heavy atom. The van der Waals surface area contributed by atoms with Gasteiger partial charge in [-0.1, -0.05) is 29.8 Å². The zero-order chi connectivity index (χ0) is 17.2. The number of fused-ring (bicyclic) bond motifs is 1. The first kappa shape index (κ1) is 15.4. The number of amides is 1. The van der Waals surface area contributed by atoms with E-state index in [4.69, 9.17) is 9.57 Å². The number of hydrogen-bond donors (Lipinski definition) is 1. The number of para-hydroxylation sites is 1. The van der Waals surface area contributed by atoms with Gasteiger partial charge in [-0.25, -0.2) is 0 Å². The van der Waals surface area contributed by atoms with Crippen LogP contribution in [0.2, 0.25) is 0 Å². The Balaban J connectivity index is 1.70. The molecule has 1 amide bonds. The van der Waals surface area contributed by atoms with Crippen molar-refractivity contribution in [2.75, 3.05) is 25.7 Å². The standard InChI is InChI=1S/C20H24N2O3/c1-3-12-10-22-17-9-20(19(22)23,18-8-13(12)14(17)11-25-18)15-6-4-5-7-16(15)21-24-2/h3-7,13-14,17-18,21H,8-11H2,1-2H3/b12-3+. The Morgan fingerprint density at radius 2 is 2.24 bits per heavy atom. The first-order valence-corrected chi connectivity index (χ1v) is 9.17. The number of benzene rings is 1. The van der Waals surface area contributed by atoms with Crippen molar-refractivity contribution in [2.45, 2.75) is 37.3 Å². The van der Waals surface area contributed by atoms with Gasteiger partial charge in [0.2, 0.25) is 5.91 Å². The highest BCUT2D eigenvalue weighted by Gasteiger charge is 2.67. The van der Waals surface area contributed by atoms with Gasteiger partial charge in [0.25, 0.3) is 0 Å². The number of nitrogens with zero attached hydrogens (tertiary/aromatic N) is 1. The molecule has 6 rings (SSSR count). The number of carbonyl (C=O) groups is 1. The summed E-state index contributed by atoms with van der Waals surface area (Å²) in [5.41, 5.74) is 5.70. The van der Waals surface area contributed by atoms with Crippen LogP contribution >= 0.6 is 0 Å². The van der Waals surface area contributed by atoms with Gasteiger partial charge in [0.05, 0.1) is 25.5 Å². The number of anilines is 1. The predicted molar refractivity (Wildman–Crippen MR) is 94.0 cm³/mol. The van der Waals surface area contributed by atoms with Gasteiger partial charge in [0.15, 0.2) is 0 Å². The Bertz CT molecular complexity index is 761. The van der Waals surface area contributed by atoms with Crippen molar-refractivity contribution in [1.29, 1.82) is 0 Å². The zero-order valence-corrected chi connectivity index (χ0v) is 14.7. The Labute approximate surface area is 147 Å². The van der Waals surface area contributed by atoms with Gasteiger partial charge < -0.3 is 9.64 Å². The van der Waals surface area contributed by atoms with E-state index in [-0.39, 0.29) is 12.0 Å². The molecule has 5 nitrogen and oxygen atoms in total. The summed E-state index contributed by atoms with van der Waals surface area (Å²) in [6, 6.07) is 8.32.